The van der Waals surface area contributed by atoms with E-state index in [0.717, 1.165) is 66.3 Å². The summed E-state index contributed by atoms with van der Waals surface area (Å²) in [6.45, 7) is 14.4. The number of carbonyl (C=O) groups is 3. The molecule has 3 N–H and O–H groups in total. The van der Waals surface area contributed by atoms with Gasteiger partial charge in [-0.15, -0.1) is 0 Å². The number of alkyl carbamates (subject to hydrolysis) is 1. The van der Waals surface area contributed by atoms with Gasteiger partial charge in [0.25, 0.3) is 0 Å². The number of fused-ring (bicyclic) bond motifs is 3. The molecule has 0 spiro atoms. The average Bonchev–Trinajstić information content (AvgIpc) is 3.95. The molecule has 3 aliphatic rings. The summed E-state index contributed by atoms with van der Waals surface area (Å²) < 4.78 is 10.6. The fourth-order valence-corrected chi connectivity index (χ4v) is 8.55. The van der Waals surface area contributed by atoms with E-state index in [1.54, 1.807) is 0 Å². The molecule has 4 aromatic rings. The second kappa shape index (κ2) is 14.6. The van der Waals surface area contributed by atoms with Crippen LogP contribution in [-0.4, -0.2) is 79.2 Å². The van der Waals surface area contributed by atoms with Crippen molar-refractivity contribution in [2.45, 2.75) is 110 Å². The summed E-state index contributed by atoms with van der Waals surface area (Å²) in [4.78, 5) is 59.1. The number of aromatic amines is 2. The van der Waals surface area contributed by atoms with Gasteiger partial charge in [0.2, 0.25) is 5.91 Å². The van der Waals surface area contributed by atoms with Crippen molar-refractivity contribution in [3.8, 4) is 33.6 Å². The Morgan fingerprint density at radius 3 is 2.07 bits per heavy atom. The maximum atomic E-state index is 13.6. The van der Waals surface area contributed by atoms with Crippen LogP contribution in [0.4, 0.5) is 9.59 Å². The van der Waals surface area contributed by atoms with Gasteiger partial charge in [0.15, 0.2) is 0 Å². The van der Waals surface area contributed by atoms with Crippen LogP contribution in [0, 0.1) is 11.8 Å². The minimum absolute atomic E-state index is 0.0576. The monoisotopic (exact) mass is 735 g/mol. The molecule has 1 aliphatic carbocycles. The van der Waals surface area contributed by atoms with Gasteiger partial charge >= 0.3 is 12.2 Å². The van der Waals surface area contributed by atoms with Crippen molar-refractivity contribution in [1.82, 2.24) is 35.1 Å². The van der Waals surface area contributed by atoms with E-state index in [2.05, 4.69) is 65.5 Å². The first-order valence-electron chi connectivity index (χ1n) is 19.3. The van der Waals surface area contributed by atoms with E-state index in [1.807, 2.05) is 56.8 Å². The Balaban J connectivity index is 1.07. The number of rotatable bonds is 7. The normalized spacial score (nSPS) is 21.5. The predicted octanol–water partition coefficient (Wildman–Crippen LogP) is 7.98. The Hall–Kier alpha value is -5.13. The number of aromatic nitrogens is 4. The van der Waals surface area contributed by atoms with Crippen LogP contribution in [0.1, 0.15) is 103 Å². The Bertz CT molecular complexity index is 2040. The summed E-state index contributed by atoms with van der Waals surface area (Å²) in [5.41, 5.74) is 8.42. The van der Waals surface area contributed by atoms with Crippen molar-refractivity contribution in [2.24, 2.45) is 11.8 Å². The lowest BCUT2D eigenvalue weighted by molar-refractivity contribution is -0.135. The number of nitrogens with one attached hydrogen (secondary N) is 3. The fourth-order valence-electron chi connectivity index (χ4n) is 8.55. The molecule has 2 fully saturated rings. The molecule has 7 rings (SSSR count). The number of H-pyrrole nitrogens is 2. The van der Waals surface area contributed by atoms with Crippen molar-refractivity contribution in [3.05, 3.63) is 71.6 Å². The summed E-state index contributed by atoms with van der Waals surface area (Å²) in [6, 6.07) is 12.2. The highest BCUT2D eigenvalue weighted by Gasteiger charge is 2.44. The third-order valence-electron chi connectivity index (χ3n) is 11.1. The number of amides is 3. The highest BCUT2D eigenvalue weighted by molar-refractivity contribution is 5.86. The first-order chi connectivity index (χ1) is 25.7. The van der Waals surface area contributed by atoms with E-state index in [4.69, 9.17) is 19.4 Å². The lowest BCUT2D eigenvalue weighted by Gasteiger charge is -2.31. The van der Waals surface area contributed by atoms with Crippen LogP contribution < -0.4 is 5.32 Å². The number of nitrogens with zero attached hydrogens (tertiary/aromatic N) is 4. The van der Waals surface area contributed by atoms with Crippen LogP contribution in [0.2, 0.25) is 0 Å². The summed E-state index contributed by atoms with van der Waals surface area (Å²) >= 11 is 0. The number of methoxy groups -OCH3 is 1. The number of hydrogen-bond acceptors (Lipinski definition) is 7. The van der Waals surface area contributed by atoms with Crippen molar-refractivity contribution < 1.29 is 23.9 Å². The summed E-state index contributed by atoms with van der Waals surface area (Å²) in [7, 11) is 1.30. The van der Waals surface area contributed by atoms with Crippen LogP contribution in [0.3, 0.4) is 0 Å². The highest BCUT2D eigenvalue weighted by atomic mass is 16.6. The molecule has 3 amide bonds. The van der Waals surface area contributed by atoms with Gasteiger partial charge < -0.3 is 29.7 Å². The molecule has 2 aromatic carbocycles. The molecule has 54 heavy (non-hydrogen) atoms. The van der Waals surface area contributed by atoms with Gasteiger partial charge in [-0.1, -0.05) is 45.0 Å². The van der Waals surface area contributed by atoms with E-state index >= 15 is 0 Å². The molecule has 4 heterocycles. The average molecular weight is 736 g/mol. The van der Waals surface area contributed by atoms with E-state index in [-0.39, 0.29) is 42.0 Å². The van der Waals surface area contributed by atoms with E-state index in [1.165, 1.54) is 29.4 Å². The largest absolute Gasteiger partial charge is 0.453 e. The van der Waals surface area contributed by atoms with Gasteiger partial charge in [-0.05, 0) is 117 Å². The van der Waals surface area contributed by atoms with Crippen molar-refractivity contribution in [2.75, 3.05) is 13.7 Å². The Kier molecular flexibility index (Phi) is 10.1. The standard InChI is InChI=1S/C42H53N7O5/c1-23(2)35(47-40(51)53-8)39(50)48-17-9-10-34(48)37-43-21-32(45-37)28-13-15-30-26(19-28)11-12-27-20-29(14-16-31(27)30)33-22-44-38(46-33)36-24(3)18-25(4)49(36)41(52)54-42(5,6)7/h13-16,19-25,34-36H,9-12,17-18H2,1-8H3,(H,43,45)(H,44,46)(H,47,51)/t24-,25+,34-,35-,36-/m0/s1. The van der Waals surface area contributed by atoms with E-state index < -0.39 is 17.7 Å². The topological polar surface area (TPSA) is 146 Å². The molecule has 0 unspecified atom stereocenters. The van der Waals surface area contributed by atoms with E-state index in [0.29, 0.717) is 6.54 Å². The predicted molar refractivity (Wildman–Crippen MR) is 206 cm³/mol. The Labute approximate surface area is 317 Å². The first kappa shape index (κ1) is 37.2. The minimum atomic E-state index is -0.675. The molecule has 0 saturated carbocycles. The lowest BCUT2D eigenvalue weighted by Crippen LogP contribution is -2.51. The lowest BCUT2D eigenvalue weighted by atomic mass is 9.83. The fraction of sp³-hybridized carbons (Fsp3) is 0.500. The zero-order valence-electron chi connectivity index (χ0n) is 32.7. The highest BCUT2D eigenvalue weighted by Crippen LogP contribution is 2.42. The molecule has 5 atom stereocenters. The smallest absolute Gasteiger partial charge is 0.411 e. The van der Waals surface area contributed by atoms with E-state index in [9.17, 15) is 14.4 Å². The van der Waals surface area contributed by atoms with Crippen LogP contribution in [0.25, 0.3) is 33.6 Å². The van der Waals surface area contributed by atoms with Gasteiger partial charge in [0.05, 0.1) is 43.0 Å². The second-order valence-corrected chi connectivity index (χ2v) is 16.5. The van der Waals surface area contributed by atoms with Crippen molar-refractivity contribution >= 4 is 18.1 Å². The molecule has 2 saturated heterocycles. The molecule has 2 aliphatic heterocycles. The van der Waals surface area contributed by atoms with Gasteiger partial charge in [-0.3, -0.25) is 9.69 Å². The van der Waals surface area contributed by atoms with Crippen LogP contribution >= 0.6 is 0 Å². The summed E-state index contributed by atoms with van der Waals surface area (Å²) in [5, 5.41) is 2.71. The SMILES string of the molecule is COC(=O)N[C@H](C(=O)N1CCC[C@H]1c1ncc(-c2ccc3c(c2)CCc2cc(-c4cnc([C@@H]5[C@@H](C)C[C@@H](C)N5C(=O)OC(C)(C)C)[nH]4)ccc2-3)[nH]1)C(C)C. The molecule has 0 radical (unpaired) electrons. The molecule has 2 aromatic heterocycles. The number of imidazole rings is 2. The maximum absolute atomic E-state index is 13.6. The maximum Gasteiger partial charge on any atom is 0.411 e. The zero-order chi connectivity index (χ0) is 38.5. The van der Waals surface area contributed by atoms with Gasteiger partial charge in [-0.25, -0.2) is 19.6 Å². The Morgan fingerprint density at radius 2 is 1.50 bits per heavy atom. The molecule has 12 heteroatoms. The number of ether oxygens (including phenoxy) is 2. The minimum Gasteiger partial charge on any atom is -0.453 e. The van der Waals surface area contributed by atoms with Gasteiger partial charge in [-0.2, -0.15) is 0 Å². The van der Waals surface area contributed by atoms with Gasteiger partial charge in [0, 0.05) is 12.6 Å². The number of hydrogen-bond donors (Lipinski definition) is 3. The van der Waals surface area contributed by atoms with Crippen LogP contribution in [0.5, 0.6) is 0 Å². The number of likely N-dealkylation sites (tertiary alicyclic amines) is 2. The summed E-state index contributed by atoms with van der Waals surface area (Å²) in [6.07, 6.45) is 7.19. The van der Waals surface area contributed by atoms with Gasteiger partial charge in [0.1, 0.15) is 23.3 Å². The van der Waals surface area contributed by atoms with Crippen molar-refractivity contribution in [3.63, 3.8) is 0 Å². The second-order valence-electron chi connectivity index (χ2n) is 16.5. The summed E-state index contributed by atoms with van der Waals surface area (Å²) in [5.74, 6) is 1.56. The van der Waals surface area contributed by atoms with Crippen LogP contribution in [0.15, 0.2) is 48.8 Å². The molecule has 0 bridgehead atoms. The molecular formula is C42H53N7O5. The third kappa shape index (κ3) is 7.22. The quantitative estimate of drug-likeness (QED) is 0.175. The van der Waals surface area contributed by atoms with Crippen LogP contribution in [-0.2, 0) is 27.1 Å². The number of benzene rings is 2. The number of carbonyl (C=O) groups excluding carboxylic acids is 3. The zero-order valence-corrected chi connectivity index (χ0v) is 32.7. The number of aryl methyl sites for hydroxylation is 2. The first-order valence-corrected chi connectivity index (χ1v) is 19.3. The molecule has 12 nitrogen and oxygen atoms in total. The molecule has 286 valence electrons. The molecular weight excluding hydrogens is 683 g/mol. The van der Waals surface area contributed by atoms with Crippen molar-refractivity contribution in [1.29, 1.82) is 0 Å². The Morgan fingerprint density at radius 1 is 0.907 bits per heavy atom. The third-order valence-corrected chi connectivity index (χ3v) is 11.1.